The normalized spacial score (nSPS) is 16.1. The van der Waals surface area contributed by atoms with Gasteiger partial charge >= 0.3 is 0 Å². The van der Waals surface area contributed by atoms with Crippen molar-refractivity contribution < 1.29 is 0 Å². The molecule has 0 unspecified atom stereocenters. The van der Waals surface area contributed by atoms with Gasteiger partial charge in [-0.05, 0) is 54.4 Å². The molecule has 178 valence electrons. The number of fused-ring (bicyclic) bond motifs is 2. The fourth-order valence-corrected chi connectivity index (χ4v) is 6.75. The van der Waals surface area contributed by atoms with Crippen molar-refractivity contribution in [1.82, 2.24) is 4.57 Å². The Morgan fingerprint density at radius 3 is 2.60 bits per heavy atom. The topological polar surface area (TPSA) is 41.1 Å². The maximum absolute atomic E-state index is 9.93. The van der Waals surface area contributed by atoms with E-state index >= 15 is 0 Å². The van der Waals surface area contributed by atoms with Crippen LogP contribution in [-0.4, -0.2) is 10.8 Å². The van der Waals surface area contributed by atoms with Crippen LogP contribution >= 0.6 is 34.5 Å². The summed E-state index contributed by atoms with van der Waals surface area (Å²) in [5.41, 5.74) is 5.22. The minimum Gasteiger partial charge on any atom is -0.342 e. The summed E-state index contributed by atoms with van der Waals surface area (Å²) in [7, 11) is 0. The van der Waals surface area contributed by atoms with Crippen LogP contribution in [-0.2, 0) is 19.4 Å². The summed E-state index contributed by atoms with van der Waals surface area (Å²) in [6.07, 6.45) is 7.11. The van der Waals surface area contributed by atoms with E-state index in [1.54, 1.807) is 11.3 Å². The molecule has 1 atom stereocenters. The third kappa shape index (κ3) is 4.66. The van der Waals surface area contributed by atoms with Crippen molar-refractivity contribution in [3.63, 3.8) is 0 Å². The third-order valence-electron chi connectivity index (χ3n) is 7.11. The van der Waals surface area contributed by atoms with Crippen molar-refractivity contribution in [2.75, 3.05) is 0 Å². The van der Waals surface area contributed by atoms with Gasteiger partial charge in [-0.3, -0.25) is 0 Å². The van der Waals surface area contributed by atoms with Gasteiger partial charge in [-0.25, -0.2) is 4.99 Å². The predicted molar refractivity (Wildman–Crippen MR) is 149 cm³/mol. The van der Waals surface area contributed by atoms with Crippen LogP contribution in [0.25, 0.3) is 10.9 Å². The number of thiophene rings is 1. The van der Waals surface area contributed by atoms with E-state index in [9.17, 15) is 5.26 Å². The van der Waals surface area contributed by atoms with Gasteiger partial charge < -0.3 is 4.57 Å². The van der Waals surface area contributed by atoms with Crippen LogP contribution in [0.5, 0.6) is 0 Å². The van der Waals surface area contributed by atoms with E-state index in [-0.39, 0.29) is 5.41 Å². The van der Waals surface area contributed by atoms with Gasteiger partial charge in [0.25, 0.3) is 0 Å². The molecule has 3 nitrogen and oxygen atoms in total. The molecule has 4 aromatic rings. The maximum Gasteiger partial charge on any atom is 0.134 e. The SMILES string of the molecule is CC(C)(C)[C@@H]1CCc2c(sc(N=Cc3cn(Cc4c(Cl)cccc4Cl)c4ccccc34)c2C#N)C1. The minimum absolute atomic E-state index is 0.268. The number of hydrogen-bond donors (Lipinski definition) is 0. The second-order valence-electron chi connectivity index (χ2n) is 10.3. The summed E-state index contributed by atoms with van der Waals surface area (Å²) >= 11 is 14.6. The molecule has 0 bridgehead atoms. The van der Waals surface area contributed by atoms with Gasteiger partial charge in [-0.1, -0.05) is 68.2 Å². The number of nitriles is 1. The molecule has 1 aliphatic rings. The molecule has 2 aromatic carbocycles. The molecule has 5 rings (SSSR count). The maximum atomic E-state index is 9.93. The molecule has 0 aliphatic heterocycles. The number of benzene rings is 2. The Balaban J connectivity index is 1.50. The molecular formula is C29H27Cl2N3S. The van der Waals surface area contributed by atoms with Crippen molar-refractivity contribution >= 4 is 56.7 Å². The van der Waals surface area contributed by atoms with Crippen LogP contribution in [0.1, 0.15) is 54.3 Å². The second kappa shape index (κ2) is 9.47. The number of rotatable bonds is 4. The summed E-state index contributed by atoms with van der Waals surface area (Å²) in [6, 6.07) is 16.3. The quantitative estimate of drug-likeness (QED) is 0.248. The summed E-state index contributed by atoms with van der Waals surface area (Å²) < 4.78 is 2.16. The first kappa shape index (κ1) is 24.1. The fourth-order valence-electron chi connectivity index (χ4n) is 5.01. The standard InChI is InChI=1S/C29H27Cl2N3S/c1-29(2,3)19-11-12-21-22(14-32)28(35-27(21)13-19)33-15-18-16-34(26-10-5-4-7-20(18)26)17-23-24(30)8-6-9-25(23)31/h4-10,15-16,19H,11-13,17H2,1-3H3/t19-/m1/s1. The lowest BCUT2D eigenvalue weighted by molar-refractivity contribution is 0.218. The molecule has 0 saturated heterocycles. The van der Waals surface area contributed by atoms with Crippen molar-refractivity contribution in [1.29, 1.82) is 5.26 Å². The summed E-state index contributed by atoms with van der Waals surface area (Å²) in [6.45, 7) is 7.50. The monoisotopic (exact) mass is 519 g/mol. The molecule has 0 fully saturated rings. The molecule has 0 saturated carbocycles. The lowest BCUT2D eigenvalue weighted by atomic mass is 9.72. The molecule has 0 N–H and O–H groups in total. The van der Waals surface area contributed by atoms with Crippen LogP contribution in [0.3, 0.4) is 0 Å². The first-order chi connectivity index (χ1) is 16.8. The Kier molecular flexibility index (Phi) is 6.53. The van der Waals surface area contributed by atoms with Crippen molar-refractivity contribution in [2.24, 2.45) is 16.3 Å². The zero-order valence-electron chi connectivity index (χ0n) is 20.1. The van der Waals surface area contributed by atoms with E-state index < -0.39 is 0 Å². The number of halogens is 2. The van der Waals surface area contributed by atoms with Gasteiger partial charge in [-0.2, -0.15) is 5.26 Å². The highest BCUT2D eigenvalue weighted by molar-refractivity contribution is 7.16. The van der Waals surface area contributed by atoms with E-state index in [1.165, 1.54) is 10.4 Å². The van der Waals surface area contributed by atoms with Crippen LogP contribution in [0.4, 0.5) is 5.00 Å². The predicted octanol–water partition coefficient (Wildman–Crippen LogP) is 8.83. The second-order valence-corrected chi connectivity index (χ2v) is 12.2. The van der Waals surface area contributed by atoms with E-state index in [0.717, 1.165) is 51.9 Å². The summed E-state index contributed by atoms with van der Waals surface area (Å²) in [5, 5.41) is 13.2. The first-order valence-corrected chi connectivity index (χ1v) is 13.4. The van der Waals surface area contributed by atoms with Gasteiger partial charge in [0.15, 0.2) is 0 Å². The smallest absolute Gasteiger partial charge is 0.134 e. The van der Waals surface area contributed by atoms with Gasteiger partial charge in [-0.15, -0.1) is 11.3 Å². The molecule has 2 aromatic heterocycles. The molecule has 1 aliphatic carbocycles. The van der Waals surface area contributed by atoms with Crippen LogP contribution in [0.15, 0.2) is 53.7 Å². The van der Waals surface area contributed by atoms with E-state index in [1.807, 2.05) is 36.5 Å². The van der Waals surface area contributed by atoms with Gasteiger partial charge in [0.1, 0.15) is 11.1 Å². The molecule has 0 radical (unpaired) electrons. The van der Waals surface area contributed by atoms with Crippen molar-refractivity contribution in [3.8, 4) is 6.07 Å². The largest absolute Gasteiger partial charge is 0.342 e. The average molecular weight is 521 g/mol. The van der Waals surface area contributed by atoms with Crippen LogP contribution in [0, 0.1) is 22.7 Å². The van der Waals surface area contributed by atoms with E-state index in [2.05, 4.69) is 49.7 Å². The number of aliphatic imine (C=N–C) groups is 1. The third-order valence-corrected chi connectivity index (χ3v) is 8.98. The number of aromatic nitrogens is 1. The Hall–Kier alpha value is -2.58. The highest BCUT2D eigenvalue weighted by atomic mass is 35.5. The Labute approximate surface area is 220 Å². The molecule has 35 heavy (non-hydrogen) atoms. The molecular weight excluding hydrogens is 493 g/mol. The van der Waals surface area contributed by atoms with Crippen molar-refractivity contribution in [2.45, 2.75) is 46.6 Å². The Morgan fingerprint density at radius 1 is 1.14 bits per heavy atom. The average Bonchev–Trinajstić information content (AvgIpc) is 3.36. The number of para-hydroxylation sites is 1. The highest BCUT2D eigenvalue weighted by Crippen LogP contribution is 2.45. The number of nitrogens with zero attached hydrogens (tertiary/aromatic N) is 3. The van der Waals surface area contributed by atoms with E-state index in [4.69, 9.17) is 28.2 Å². The molecule has 0 spiro atoms. The fraction of sp³-hybridized carbons (Fsp3) is 0.310. The highest BCUT2D eigenvalue weighted by Gasteiger charge is 2.32. The summed E-state index contributed by atoms with van der Waals surface area (Å²) in [5.74, 6) is 0.631. The lowest BCUT2D eigenvalue weighted by Gasteiger charge is -2.33. The summed E-state index contributed by atoms with van der Waals surface area (Å²) in [4.78, 5) is 6.18. The lowest BCUT2D eigenvalue weighted by Crippen LogP contribution is -2.26. The van der Waals surface area contributed by atoms with Gasteiger partial charge in [0.2, 0.25) is 0 Å². The zero-order valence-corrected chi connectivity index (χ0v) is 22.4. The van der Waals surface area contributed by atoms with Crippen molar-refractivity contribution in [3.05, 3.63) is 85.8 Å². The van der Waals surface area contributed by atoms with Crippen LogP contribution in [0.2, 0.25) is 10.0 Å². The van der Waals surface area contributed by atoms with Gasteiger partial charge in [0, 0.05) is 49.4 Å². The van der Waals surface area contributed by atoms with E-state index in [0.29, 0.717) is 22.5 Å². The minimum atomic E-state index is 0.268. The molecule has 2 heterocycles. The zero-order chi connectivity index (χ0) is 24.7. The van der Waals surface area contributed by atoms with Crippen LogP contribution < -0.4 is 0 Å². The first-order valence-electron chi connectivity index (χ1n) is 11.9. The molecule has 6 heteroatoms. The van der Waals surface area contributed by atoms with Gasteiger partial charge in [0.05, 0.1) is 12.1 Å². The molecule has 0 amide bonds. The Bertz CT molecular complexity index is 1460. The Morgan fingerprint density at radius 2 is 1.89 bits per heavy atom. The number of hydrogen-bond acceptors (Lipinski definition) is 3.